The van der Waals surface area contributed by atoms with Crippen LogP contribution in [0.4, 0.5) is 0 Å². The van der Waals surface area contributed by atoms with Gasteiger partial charge in [-0.25, -0.2) is 9.97 Å². The fourth-order valence-corrected chi connectivity index (χ4v) is 10.6. The minimum absolute atomic E-state index is 0.832. The summed E-state index contributed by atoms with van der Waals surface area (Å²) in [6.45, 7) is 0. The van der Waals surface area contributed by atoms with Crippen molar-refractivity contribution in [1.82, 2.24) is 32.5 Å². The van der Waals surface area contributed by atoms with Crippen LogP contribution in [0.15, 0.2) is 205 Å². The average molecular weight is 820 g/mol. The largest absolute Gasteiger partial charge is 0.456 e. The van der Waals surface area contributed by atoms with Crippen LogP contribution in [0.2, 0.25) is 0 Å². The van der Waals surface area contributed by atoms with Gasteiger partial charge in [0.25, 0.3) is 0 Å². The van der Waals surface area contributed by atoms with Crippen molar-refractivity contribution in [3.63, 3.8) is 0 Å². The third-order valence-corrected chi connectivity index (χ3v) is 13.3. The van der Waals surface area contributed by atoms with Crippen LogP contribution in [0.25, 0.3) is 128 Å². The molecule has 15 aromatic rings. The molecule has 0 saturated heterocycles. The lowest BCUT2D eigenvalue weighted by Gasteiger charge is -2.11. The van der Waals surface area contributed by atoms with Crippen molar-refractivity contribution >= 4 is 99.4 Å². The van der Waals surface area contributed by atoms with Gasteiger partial charge in [-0.1, -0.05) is 97.1 Å². The first-order valence-corrected chi connectivity index (χ1v) is 21.6. The van der Waals surface area contributed by atoms with E-state index in [1.165, 1.54) is 21.8 Å². The van der Waals surface area contributed by atoms with Gasteiger partial charge in [0.2, 0.25) is 11.6 Å². The smallest absolute Gasteiger partial charge is 0.220 e. The third-order valence-electron chi connectivity index (χ3n) is 13.3. The van der Waals surface area contributed by atoms with Gasteiger partial charge in [0, 0.05) is 27.5 Å². The van der Waals surface area contributed by atoms with Gasteiger partial charge in [-0.3, -0.25) is 17.9 Å². The van der Waals surface area contributed by atoms with Crippen LogP contribution in [-0.2, 0) is 0 Å². The molecule has 6 heterocycles. The number of hydrogen-bond donors (Lipinski definition) is 0. The van der Waals surface area contributed by atoms with E-state index >= 15 is 0 Å². The van der Waals surface area contributed by atoms with E-state index in [1.807, 2.05) is 6.07 Å². The Hall–Kier alpha value is -8.88. The molecule has 0 aliphatic rings. The quantitative estimate of drug-likeness (QED) is 0.178. The average Bonchev–Trinajstić information content (AvgIpc) is 4.19. The van der Waals surface area contributed by atoms with Crippen LogP contribution in [0.1, 0.15) is 0 Å². The zero-order valence-corrected chi connectivity index (χ0v) is 34.1. The Labute approximate surface area is 363 Å². The number of benzene rings is 9. The summed E-state index contributed by atoms with van der Waals surface area (Å²) < 4.78 is 18.1. The molecule has 6 aromatic heterocycles. The first-order chi connectivity index (χ1) is 31.7. The molecular formula is C56H33N7O. The Morgan fingerprint density at radius 2 is 0.906 bits per heavy atom. The minimum atomic E-state index is 0.832. The molecule has 0 amide bonds. The number of nitrogens with zero attached hydrogens (tertiary/aromatic N) is 7. The second-order valence-corrected chi connectivity index (χ2v) is 16.7. The number of aromatic nitrogens is 7. The number of para-hydroxylation sites is 8. The van der Waals surface area contributed by atoms with Crippen LogP contribution in [0, 0.1) is 0 Å². The van der Waals surface area contributed by atoms with Crippen molar-refractivity contribution < 1.29 is 4.42 Å². The molecule has 0 spiro atoms. The predicted molar refractivity (Wildman–Crippen MR) is 260 cm³/mol. The maximum absolute atomic E-state index is 6.60. The maximum atomic E-state index is 6.60. The summed E-state index contributed by atoms with van der Waals surface area (Å²) in [7, 11) is 0. The van der Waals surface area contributed by atoms with E-state index in [4.69, 9.17) is 14.4 Å². The Bertz CT molecular complexity index is 4400. The van der Waals surface area contributed by atoms with Crippen LogP contribution >= 0.6 is 0 Å². The highest BCUT2D eigenvalue weighted by molar-refractivity contribution is 6.12. The zero-order chi connectivity index (χ0) is 41.6. The zero-order valence-electron chi connectivity index (χ0n) is 34.1. The van der Waals surface area contributed by atoms with Gasteiger partial charge in [0.05, 0.1) is 66.2 Å². The molecule has 0 radical (unpaired) electrons. The third kappa shape index (κ3) is 4.45. The number of imidazole rings is 4. The normalized spacial score (nSPS) is 12.4. The first kappa shape index (κ1) is 33.8. The molecule has 8 heteroatoms. The molecule has 0 atom stereocenters. The van der Waals surface area contributed by atoms with Crippen molar-refractivity contribution in [3.05, 3.63) is 200 Å². The van der Waals surface area contributed by atoms with Crippen molar-refractivity contribution in [3.8, 4) is 28.2 Å². The molecule has 0 bridgehead atoms. The van der Waals surface area contributed by atoms with Crippen molar-refractivity contribution in [2.75, 3.05) is 0 Å². The number of fused-ring (bicyclic) bond motifs is 16. The van der Waals surface area contributed by atoms with E-state index in [1.54, 1.807) is 0 Å². The summed E-state index contributed by atoms with van der Waals surface area (Å²) in [5.41, 5.74) is 17.8. The van der Waals surface area contributed by atoms with Crippen molar-refractivity contribution in [1.29, 1.82) is 0 Å². The standard InChI is InChI=1S/C56H33N7O/c1-5-19-43-38(15-1)39-16-2-6-20-44(39)59(43)37-28-29-49-51(33-37)62-46-22-8-4-18-42(46)57-55(62)60(49)36-14-11-13-34(31-36)35-27-30-52-40(32-35)54-50(25-12-26-53(54)64-52)63-48-24-10-9-23-47(48)61-45-21-7-3-17-41(45)58-56(61)63/h1-33H. The molecule has 15 rings (SSSR count). The molecule has 0 unspecified atom stereocenters. The van der Waals surface area contributed by atoms with E-state index in [0.29, 0.717) is 0 Å². The van der Waals surface area contributed by atoms with E-state index in [2.05, 4.69) is 217 Å². The monoisotopic (exact) mass is 819 g/mol. The molecular weight excluding hydrogens is 787 g/mol. The molecule has 0 N–H and O–H groups in total. The summed E-state index contributed by atoms with van der Waals surface area (Å²) in [5.74, 6) is 1.73. The fourth-order valence-electron chi connectivity index (χ4n) is 10.6. The van der Waals surface area contributed by atoms with Gasteiger partial charge in [0.1, 0.15) is 11.2 Å². The van der Waals surface area contributed by atoms with Gasteiger partial charge < -0.3 is 8.98 Å². The van der Waals surface area contributed by atoms with Crippen molar-refractivity contribution in [2.45, 2.75) is 0 Å². The van der Waals surface area contributed by atoms with Gasteiger partial charge in [-0.15, -0.1) is 0 Å². The van der Waals surface area contributed by atoms with Crippen LogP contribution in [-0.4, -0.2) is 32.5 Å². The fraction of sp³-hybridized carbons (Fsp3) is 0. The summed E-state index contributed by atoms with van der Waals surface area (Å²) >= 11 is 0. The summed E-state index contributed by atoms with van der Waals surface area (Å²) in [6.07, 6.45) is 0. The van der Waals surface area contributed by atoms with Crippen molar-refractivity contribution in [2.24, 2.45) is 0 Å². The number of hydrogen-bond acceptors (Lipinski definition) is 3. The SMILES string of the molecule is c1cc(-c2ccc3oc4cccc(-n5c6ccccc6n6c7ccccc7nc56)c4c3c2)cc(-n2c3ccc(-n4c5ccccc5c5ccccc54)cc3n3c4ccccc4nc23)c1. The second kappa shape index (κ2) is 12.4. The molecule has 0 saturated carbocycles. The molecule has 8 nitrogen and oxygen atoms in total. The van der Waals surface area contributed by atoms with E-state index in [9.17, 15) is 0 Å². The van der Waals surface area contributed by atoms with Crippen LogP contribution in [0.3, 0.4) is 0 Å². The van der Waals surface area contributed by atoms with E-state index in [-0.39, 0.29) is 0 Å². The highest BCUT2D eigenvalue weighted by atomic mass is 16.3. The van der Waals surface area contributed by atoms with Crippen LogP contribution < -0.4 is 0 Å². The molecule has 0 aliphatic heterocycles. The highest BCUT2D eigenvalue weighted by Gasteiger charge is 2.23. The molecule has 64 heavy (non-hydrogen) atoms. The molecule has 298 valence electrons. The van der Waals surface area contributed by atoms with E-state index in [0.717, 1.165) is 106 Å². The number of furan rings is 1. The maximum Gasteiger partial charge on any atom is 0.220 e. The summed E-state index contributed by atoms with van der Waals surface area (Å²) in [5, 5.41) is 4.58. The highest BCUT2D eigenvalue weighted by Crippen LogP contribution is 2.40. The van der Waals surface area contributed by atoms with Gasteiger partial charge >= 0.3 is 0 Å². The molecule has 0 aliphatic carbocycles. The topological polar surface area (TPSA) is 62.5 Å². The summed E-state index contributed by atoms with van der Waals surface area (Å²) in [4.78, 5) is 10.5. The lowest BCUT2D eigenvalue weighted by Crippen LogP contribution is -1.97. The van der Waals surface area contributed by atoms with Gasteiger partial charge in [0.15, 0.2) is 0 Å². The van der Waals surface area contributed by atoms with Gasteiger partial charge in [-0.05, 0) is 114 Å². The molecule has 0 fully saturated rings. The molecule has 9 aromatic carbocycles. The van der Waals surface area contributed by atoms with Gasteiger partial charge in [-0.2, -0.15) is 0 Å². The predicted octanol–water partition coefficient (Wildman–Crippen LogP) is 13.8. The van der Waals surface area contributed by atoms with E-state index < -0.39 is 0 Å². The lowest BCUT2D eigenvalue weighted by atomic mass is 10.0. The van der Waals surface area contributed by atoms with Crippen LogP contribution in [0.5, 0.6) is 0 Å². The first-order valence-electron chi connectivity index (χ1n) is 21.6. The second-order valence-electron chi connectivity index (χ2n) is 16.7. The summed E-state index contributed by atoms with van der Waals surface area (Å²) in [6, 6.07) is 71.1. The lowest BCUT2D eigenvalue weighted by molar-refractivity contribution is 0.669. The number of rotatable bonds is 4. The minimum Gasteiger partial charge on any atom is -0.456 e. The Morgan fingerprint density at radius 3 is 1.66 bits per heavy atom. The Morgan fingerprint density at radius 1 is 0.328 bits per heavy atom. The Balaban J connectivity index is 0.928. The Kier molecular flexibility index (Phi) is 6.53.